The van der Waals surface area contributed by atoms with Crippen molar-refractivity contribution in [3.8, 4) is 0 Å². The molecule has 0 bridgehead atoms. The predicted octanol–water partition coefficient (Wildman–Crippen LogP) is 2.64. The van der Waals surface area contributed by atoms with E-state index < -0.39 is 0 Å². The van der Waals surface area contributed by atoms with E-state index in [0.717, 1.165) is 39.1 Å². The Balaban J connectivity index is 1.53. The molecule has 3 rings (SSSR count). The molecule has 1 amide bonds. The van der Waals surface area contributed by atoms with Gasteiger partial charge in [0.05, 0.1) is 6.04 Å². The smallest absolute Gasteiger partial charge is 0.220 e. The molecule has 2 heterocycles. The lowest BCUT2D eigenvalue weighted by Gasteiger charge is -2.28. The van der Waals surface area contributed by atoms with Crippen LogP contribution in [0.2, 0.25) is 0 Å². The molecule has 4 heteroatoms. The number of carbonyl (C=O) groups excluding carboxylic acids is 1. The van der Waals surface area contributed by atoms with Gasteiger partial charge >= 0.3 is 0 Å². The first-order valence-electron chi connectivity index (χ1n) is 9.50. The normalized spacial score (nSPS) is 22.6. The van der Waals surface area contributed by atoms with Crippen molar-refractivity contribution in [2.45, 2.75) is 45.1 Å². The van der Waals surface area contributed by atoms with Gasteiger partial charge in [0.1, 0.15) is 0 Å². The summed E-state index contributed by atoms with van der Waals surface area (Å²) in [6, 6.07) is 9.09. The largest absolute Gasteiger partial charge is 0.354 e. The molecule has 2 aliphatic heterocycles. The highest BCUT2D eigenvalue weighted by molar-refractivity contribution is 5.75. The molecule has 2 aliphatic rings. The van der Waals surface area contributed by atoms with Gasteiger partial charge in [-0.15, -0.1) is 0 Å². The van der Waals surface area contributed by atoms with Crippen molar-refractivity contribution in [2.75, 3.05) is 32.7 Å². The van der Waals surface area contributed by atoms with E-state index in [1.807, 2.05) is 0 Å². The molecule has 2 saturated heterocycles. The summed E-state index contributed by atoms with van der Waals surface area (Å²) in [4.78, 5) is 14.8. The fraction of sp³-hybridized carbons (Fsp3) is 0.650. The number of amides is 1. The van der Waals surface area contributed by atoms with Gasteiger partial charge in [-0.25, -0.2) is 0 Å². The van der Waals surface area contributed by atoms with Crippen molar-refractivity contribution < 1.29 is 4.79 Å². The number of nitrogens with zero attached hydrogens (tertiary/aromatic N) is 1. The van der Waals surface area contributed by atoms with Crippen molar-refractivity contribution in [2.24, 2.45) is 5.92 Å². The summed E-state index contributed by atoms with van der Waals surface area (Å²) in [7, 11) is 0. The number of rotatable bonds is 7. The topological polar surface area (TPSA) is 44.4 Å². The Bertz CT molecular complexity index is 516. The van der Waals surface area contributed by atoms with E-state index >= 15 is 0 Å². The minimum absolute atomic E-state index is 0.207. The van der Waals surface area contributed by atoms with Crippen LogP contribution in [0.4, 0.5) is 0 Å². The number of carbonyl (C=O) groups is 1. The molecule has 2 unspecified atom stereocenters. The minimum Gasteiger partial charge on any atom is -0.354 e. The second-order valence-corrected chi connectivity index (χ2v) is 7.37. The highest BCUT2D eigenvalue weighted by Crippen LogP contribution is 2.25. The molecule has 0 aliphatic carbocycles. The highest BCUT2D eigenvalue weighted by Gasteiger charge is 2.24. The van der Waals surface area contributed by atoms with Gasteiger partial charge in [0.25, 0.3) is 0 Å². The molecule has 2 N–H and O–H groups in total. The van der Waals surface area contributed by atoms with Crippen LogP contribution in [0.5, 0.6) is 0 Å². The van der Waals surface area contributed by atoms with E-state index in [-0.39, 0.29) is 5.91 Å². The molecule has 2 atom stereocenters. The van der Waals surface area contributed by atoms with Gasteiger partial charge < -0.3 is 10.6 Å². The predicted molar refractivity (Wildman–Crippen MR) is 97.9 cm³/mol. The SMILES string of the molecule is Cc1ccc(C(CNC(=O)CCC2CCNC2)N2CCCC2)cc1. The van der Waals surface area contributed by atoms with Crippen LogP contribution in [0.25, 0.3) is 0 Å². The number of aryl methyl sites for hydroxylation is 1. The Hall–Kier alpha value is -1.39. The Morgan fingerprint density at radius 2 is 2.04 bits per heavy atom. The van der Waals surface area contributed by atoms with Gasteiger partial charge in [0.15, 0.2) is 0 Å². The fourth-order valence-electron chi connectivity index (χ4n) is 3.89. The molecule has 132 valence electrons. The van der Waals surface area contributed by atoms with Gasteiger partial charge in [0, 0.05) is 13.0 Å². The van der Waals surface area contributed by atoms with Crippen molar-refractivity contribution in [1.29, 1.82) is 0 Å². The third-order valence-electron chi connectivity index (χ3n) is 5.48. The van der Waals surface area contributed by atoms with Crippen LogP contribution in [0, 0.1) is 12.8 Å². The summed E-state index contributed by atoms with van der Waals surface area (Å²) in [5.74, 6) is 0.889. The van der Waals surface area contributed by atoms with E-state index in [2.05, 4.69) is 46.7 Å². The van der Waals surface area contributed by atoms with Gasteiger partial charge in [0.2, 0.25) is 5.91 Å². The number of nitrogens with one attached hydrogen (secondary N) is 2. The molecule has 24 heavy (non-hydrogen) atoms. The second-order valence-electron chi connectivity index (χ2n) is 7.37. The fourth-order valence-corrected chi connectivity index (χ4v) is 3.89. The van der Waals surface area contributed by atoms with Gasteiger partial charge in [-0.05, 0) is 70.3 Å². The Morgan fingerprint density at radius 1 is 1.29 bits per heavy atom. The molecule has 0 saturated carbocycles. The van der Waals surface area contributed by atoms with Crippen LogP contribution in [-0.4, -0.2) is 43.5 Å². The maximum Gasteiger partial charge on any atom is 0.220 e. The summed E-state index contributed by atoms with van der Waals surface area (Å²) in [6.45, 7) is 7.31. The summed E-state index contributed by atoms with van der Waals surface area (Å²) in [5.41, 5.74) is 2.61. The van der Waals surface area contributed by atoms with Gasteiger partial charge in [-0.2, -0.15) is 0 Å². The average Bonchev–Trinajstić information content (AvgIpc) is 3.28. The quantitative estimate of drug-likeness (QED) is 0.808. The lowest BCUT2D eigenvalue weighted by molar-refractivity contribution is -0.121. The van der Waals surface area contributed by atoms with Crippen LogP contribution < -0.4 is 10.6 Å². The monoisotopic (exact) mass is 329 g/mol. The molecule has 4 nitrogen and oxygen atoms in total. The molecular formula is C20H31N3O. The standard InChI is InChI=1S/C20H31N3O/c1-16-4-7-18(8-5-16)19(23-12-2-3-13-23)15-22-20(24)9-6-17-10-11-21-14-17/h4-5,7-8,17,19,21H,2-3,6,9-15H2,1H3,(H,22,24). The van der Waals surface area contributed by atoms with E-state index in [1.165, 1.54) is 30.4 Å². The van der Waals surface area contributed by atoms with E-state index in [1.54, 1.807) is 0 Å². The number of likely N-dealkylation sites (tertiary alicyclic amines) is 1. The van der Waals surface area contributed by atoms with Gasteiger partial charge in [-0.1, -0.05) is 29.8 Å². The first-order chi connectivity index (χ1) is 11.7. The Morgan fingerprint density at radius 3 is 2.71 bits per heavy atom. The zero-order valence-corrected chi connectivity index (χ0v) is 14.9. The van der Waals surface area contributed by atoms with E-state index in [9.17, 15) is 4.79 Å². The lowest BCUT2D eigenvalue weighted by Crippen LogP contribution is -2.36. The van der Waals surface area contributed by atoms with Crippen LogP contribution in [0.1, 0.15) is 49.3 Å². The van der Waals surface area contributed by atoms with Crippen LogP contribution in [-0.2, 0) is 4.79 Å². The molecule has 0 radical (unpaired) electrons. The number of hydrogen-bond donors (Lipinski definition) is 2. The third-order valence-corrected chi connectivity index (χ3v) is 5.48. The summed E-state index contributed by atoms with van der Waals surface area (Å²) in [5, 5.41) is 6.57. The first kappa shape index (κ1) is 17.4. The molecule has 1 aromatic rings. The zero-order valence-electron chi connectivity index (χ0n) is 14.9. The second kappa shape index (κ2) is 8.63. The summed E-state index contributed by atoms with van der Waals surface area (Å²) >= 11 is 0. The number of benzene rings is 1. The average molecular weight is 329 g/mol. The van der Waals surface area contributed by atoms with Crippen LogP contribution >= 0.6 is 0 Å². The molecule has 0 spiro atoms. The number of hydrogen-bond acceptors (Lipinski definition) is 3. The van der Waals surface area contributed by atoms with Crippen molar-refractivity contribution in [3.05, 3.63) is 35.4 Å². The van der Waals surface area contributed by atoms with Crippen molar-refractivity contribution >= 4 is 5.91 Å². The summed E-state index contributed by atoms with van der Waals surface area (Å²) in [6.07, 6.45) is 5.42. The van der Waals surface area contributed by atoms with Crippen molar-refractivity contribution in [1.82, 2.24) is 15.5 Å². The Labute approximate surface area is 146 Å². The Kier molecular flexibility index (Phi) is 6.27. The molecule has 2 fully saturated rings. The maximum absolute atomic E-state index is 12.3. The van der Waals surface area contributed by atoms with Crippen LogP contribution in [0.15, 0.2) is 24.3 Å². The van der Waals surface area contributed by atoms with Crippen LogP contribution in [0.3, 0.4) is 0 Å². The molecule has 0 aromatic heterocycles. The first-order valence-corrected chi connectivity index (χ1v) is 9.50. The molecular weight excluding hydrogens is 298 g/mol. The van der Waals surface area contributed by atoms with Gasteiger partial charge in [-0.3, -0.25) is 9.69 Å². The zero-order chi connectivity index (χ0) is 16.8. The summed E-state index contributed by atoms with van der Waals surface area (Å²) < 4.78 is 0. The molecule has 1 aromatic carbocycles. The maximum atomic E-state index is 12.3. The lowest BCUT2D eigenvalue weighted by atomic mass is 10.0. The van der Waals surface area contributed by atoms with E-state index in [0.29, 0.717) is 18.4 Å². The minimum atomic E-state index is 0.207. The third kappa shape index (κ3) is 4.81. The highest BCUT2D eigenvalue weighted by atomic mass is 16.1. The van der Waals surface area contributed by atoms with E-state index in [4.69, 9.17) is 0 Å². The van der Waals surface area contributed by atoms with Crippen molar-refractivity contribution in [3.63, 3.8) is 0 Å².